The molecule has 1 saturated heterocycles. The van der Waals surface area contributed by atoms with Gasteiger partial charge in [-0.15, -0.1) is 0 Å². The van der Waals surface area contributed by atoms with Gasteiger partial charge in [0.25, 0.3) is 0 Å². The Labute approximate surface area is 67.2 Å². The maximum Gasteiger partial charge on any atom is 0.306 e. The van der Waals surface area contributed by atoms with Crippen molar-refractivity contribution in [2.45, 2.75) is 38.7 Å². The van der Waals surface area contributed by atoms with E-state index in [4.69, 9.17) is 4.74 Å². The van der Waals surface area contributed by atoms with E-state index in [9.17, 15) is 4.79 Å². The molecule has 1 fully saturated rings. The molecule has 1 aliphatic rings. The number of allylic oxidation sites excluding steroid dienone is 1. The highest BCUT2D eigenvalue weighted by atomic mass is 16.5. The fourth-order valence-corrected chi connectivity index (χ4v) is 1.16. The summed E-state index contributed by atoms with van der Waals surface area (Å²) in [6.07, 6.45) is 7.79. The van der Waals surface area contributed by atoms with E-state index in [2.05, 4.69) is 19.1 Å². The summed E-state index contributed by atoms with van der Waals surface area (Å²) in [7, 11) is 0. The lowest BCUT2D eigenvalue weighted by Crippen LogP contribution is -2.04. The molecule has 0 aromatic rings. The smallest absolute Gasteiger partial charge is 0.306 e. The molecule has 0 aliphatic carbocycles. The van der Waals surface area contributed by atoms with Gasteiger partial charge in [-0.25, -0.2) is 0 Å². The van der Waals surface area contributed by atoms with Crippen molar-refractivity contribution in [1.29, 1.82) is 0 Å². The predicted octanol–water partition coefficient (Wildman–Crippen LogP) is 2.05. The molecule has 0 amide bonds. The standard InChI is InChI=1S/C9H14O2/c1-2-3-4-5-8-6-7-9(10)11-8/h3-4,8H,2,5-7H2,1H3/b4-3-. The highest BCUT2D eigenvalue weighted by Gasteiger charge is 2.21. The van der Waals surface area contributed by atoms with E-state index in [1.54, 1.807) is 0 Å². The molecule has 11 heavy (non-hydrogen) atoms. The molecule has 1 atom stereocenters. The van der Waals surface area contributed by atoms with Crippen LogP contribution in [-0.2, 0) is 9.53 Å². The third-order valence-corrected chi connectivity index (χ3v) is 1.77. The van der Waals surface area contributed by atoms with Gasteiger partial charge in [-0.2, -0.15) is 0 Å². The zero-order valence-electron chi connectivity index (χ0n) is 6.88. The van der Waals surface area contributed by atoms with E-state index in [1.807, 2.05) is 0 Å². The average molecular weight is 154 g/mol. The van der Waals surface area contributed by atoms with Crippen molar-refractivity contribution < 1.29 is 9.53 Å². The van der Waals surface area contributed by atoms with Crippen molar-refractivity contribution in [1.82, 2.24) is 0 Å². The van der Waals surface area contributed by atoms with Crippen LogP contribution in [0.15, 0.2) is 12.2 Å². The summed E-state index contributed by atoms with van der Waals surface area (Å²) in [5.74, 6) is -0.0418. The molecule has 0 saturated carbocycles. The van der Waals surface area contributed by atoms with E-state index in [-0.39, 0.29) is 12.1 Å². The second kappa shape index (κ2) is 4.16. The van der Waals surface area contributed by atoms with Gasteiger partial charge in [-0.1, -0.05) is 19.1 Å². The van der Waals surface area contributed by atoms with Gasteiger partial charge in [0.1, 0.15) is 6.10 Å². The summed E-state index contributed by atoms with van der Waals surface area (Å²) >= 11 is 0. The molecule has 1 aliphatic heterocycles. The Bertz CT molecular complexity index is 161. The van der Waals surface area contributed by atoms with Crippen LogP contribution in [0.25, 0.3) is 0 Å². The lowest BCUT2D eigenvalue weighted by atomic mass is 10.2. The largest absolute Gasteiger partial charge is 0.462 e. The molecular weight excluding hydrogens is 140 g/mol. The van der Waals surface area contributed by atoms with Gasteiger partial charge in [0.05, 0.1) is 0 Å². The molecule has 2 nitrogen and oxygen atoms in total. The van der Waals surface area contributed by atoms with Crippen LogP contribution < -0.4 is 0 Å². The highest BCUT2D eigenvalue weighted by molar-refractivity contribution is 5.71. The number of hydrogen-bond donors (Lipinski definition) is 0. The Morgan fingerprint density at radius 2 is 2.45 bits per heavy atom. The Morgan fingerprint density at radius 3 is 3.00 bits per heavy atom. The molecule has 0 spiro atoms. The van der Waals surface area contributed by atoms with Crippen LogP contribution >= 0.6 is 0 Å². The lowest BCUT2D eigenvalue weighted by Gasteiger charge is -2.03. The van der Waals surface area contributed by atoms with Gasteiger partial charge in [-0.05, 0) is 12.8 Å². The normalized spacial score (nSPS) is 24.5. The predicted molar refractivity (Wildman–Crippen MR) is 43.2 cm³/mol. The van der Waals surface area contributed by atoms with E-state index in [0.29, 0.717) is 6.42 Å². The van der Waals surface area contributed by atoms with Crippen LogP contribution in [0.1, 0.15) is 32.6 Å². The topological polar surface area (TPSA) is 26.3 Å². The number of carbonyl (C=O) groups is 1. The first-order valence-corrected chi connectivity index (χ1v) is 4.17. The molecule has 1 unspecified atom stereocenters. The van der Waals surface area contributed by atoms with Crippen LogP contribution in [0.3, 0.4) is 0 Å². The fourth-order valence-electron chi connectivity index (χ4n) is 1.16. The first kappa shape index (κ1) is 8.31. The molecule has 0 aromatic heterocycles. The number of ether oxygens (including phenoxy) is 1. The Hall–Kier alpha value is -0.790. The van der Waals surface area contributed by atoms with E-state index >= 15 is 0 Å². The van der Waals surface area contributed by atoms with Crippen molar-refractivity contribution >= 4 is 5.97 Å². The molecule has 1 heterocycles. The molecule has 0 N–H and O–H groups in total. The van der Waals surface area contributed by atoms with Crippen molar-refractivity contribution in [3.05, 3.63) is 12.2 Å². The SMILES string of the molecule is CC/C=C\CC1CCC(=O)O1. The van der Waals surface area contributed by atoms with E-state index in [1.165, 1.54) is 0 Å². The quantitative estimate of drug-likeness (QED) is 0.459. The first-order chi connectivity index (χ1) is 5.33. The molecule has 0 bridgehead atoms. The maximum atomic E-state index is 10.6. The Morgan fingerprint density at radius 1 is 1.64 bits per heavy atom. The van der Waals surface area contributed by atoms with Crippen LogP contribution in [0.4, 0.5) is 0 Å². The number of cyclic esters (lactones) is 1. The third-order valence-electron chi connectivity index (χ3n) is 1.77. The molecule has 62 valence electrons. The minimum atomic E-state index is -0.0418. The van der Waals surface area contributed by atoms with Crippen molar-refractivity contribution in [3.8, 4) is 0 Å². The first-order valence-electron chi connectivity index (χ1n) is 4.17. The van der Waals surface area contributed by atoms with Gasteiger partial charge < -0.3 is 4.74 Å². The molecule has 2 heteroatoms. The summed E-state index contributed by atoms with van der Waals surface area (Å²) in [6.45, 7) is 2.09. The number of esters is 1. The van der Waals surface area contributed by atoms with Crippen molar-refractivity contribution in [2.24, 2.45) is 0 Å². The van der Waals surface area contributed by atoms with Crippen LogP contribution in [-0.4, -0.2) is 12.1 Å². The highest BCUT2D eigenvalue weighted by Crippen LogP contribution is 2.16. The Balaban J connectivity index is 2.18. The monoisotopic (exact) mass is 154 g/mol. The van der Waals surface area contributed by atoms with Crippen LogP contribution in [0.5, 0.6) is 0 Å². The van der Waals surface area contributed by atoms with Crippen molar-refractivity contribution in [3.63, 3.8) is 0 Å². The van der Waals surface area contributed by atoms with Gasteiger partial charge in [-0.3, -0.25) is 4.79 Å². The number of rotatable bonds is 3. The Kier molecular flexibility index (Phi) is 3.14. The second-order valence-electron chi connectivity index (χ2n) is 2.77. The van der Waals surface area contributed by atoms with Gasteiger partial charge in [0, 0.05) is 12.8 Å². The number of hydrogen-bond acceptors (Lipinski definition) is 2. The van der Waals surface area contributed by atoms with Gasteiger partial charge in [0.15, 0.2) is 0 Å². The van der Waals surface area contributed by atoms with E-state index < -0.39 is 0 Å². The van der Waals surface area contributed by atoms with Crippen molar-refractivity contribution in [2.75, 3.05) is 0 Å². The molecule has 0 radical (unpaired) electrons. The van der Waals surface area contributed by atoms with Gasteiger partial charge >= 0.3 is 5.97 Å². The summed E-state index contributed by atoms with van der Waals surface area (Å²) in [4.78, 5) is 10.6. The molecule has 1 rings (SSSR count). The minimum absolute atomic E-state index is 0.0418. The minimum Gasteiger partial charge on any atom is -0.462 e. The molecule has 0 aromatic carbocycles. The van der Waals surface area contributed by atoms with Crippen LogP contribution in [0, 0.1) is 0 Å². The summed E-state index contributed by atoms with van der Waals surface area (Å²) in [5, 5.41) is 0. The second-order valence-corrected chi connectivity index (χ2v) is 2.77. The molecular formula is C9H14O2. The zero-order chi connectivity index (χ0) is 8.10. The third kappa shape index (κ3) is 2.74. The summed E-state index contributed by atoms with van der Waals surface area (Å²) in [6, 6.07) is 0. The summed E-state index contributed by atoms with van der Waals surface area (Å²) in [5.41, 5.74) is 0. The lowest BCUT2D eigenvalue weighted by molar-refractivity contribution is -0.141. The van der Waals surface area contributed by atoms with Crippen LogP contribution in [0.2, 0.25) is 0 Å². The fraction of sp³-hybridized carbons (Fsp3) is 0.667. The van der Waals surface area contributed by atoms with E-state index in [0.717, 1.165) is 19.3 Å². The zero-order valence-corrected chi connectivity index (χ0v) is 6.88. The van der Waals surface area contributed by atoms with Gasteiger partial charge in [0.2, 0.25) is 0 Å². The number of carbonyl (C=O) groups excluding carboxylic acids is 1. The summed E-state index contributed by atoms with van der Waals surface area (Å²) < 4.78 is 5.02. The maximum absolute atomic E-state index is 10.6. The average Bonchev–Trinajstić information content (AvgIpc) is 2.37.